The molecule has 0 aliphatic heterocycles. The van der Waals surface area contributed by atoms with Gasteiger partial charge in [-0.05, 0) is 48.1 Å². The van der Waals surface area contributed by atoms with Gasteiger partial charge < -0.3 is 14.8 Å². The van der Waals surface area contributed by atoms with Crippen molar-refractivity contribution in [2.45, 2.75) is 39.2 Å². The molecule has 0 heterocycles. The van der Waals surface area contributed by atoms with Crippen molar-refractivity contribution in [2.75, 3.05) is 13.7 Å². The molecular weight excluding hydrogens is 352 g/mol. The molecule has 0 fully saturated rings. The SMILES string of the molecule is CCc1ccc(CCC(=O)NCCc2ccc(OC)c(OC(F)F)c2)cc1. The van der Waals surface area contributed by atoms with Gasteiger partial charge in [0.25, 0.3) is 0 Å². The highest BCUT2D eigenvalue weighted by Crippen LogP contribution is 2.29. The molecule has 4 nitrogen and oxygen atoms in total. The van der Waals surface area contributed by atoms with Gasteiger partial charge in [0.2, 0.25) is 5.91 Å². The molecule has 6 heteroatoms. The first-order valence-electron chi connectivity index (χ1n) is 8.98. The largest absolute Gasteiger partial charge is 0.493 e. The van der Waals surface area contributed by atoms with Gasteiger partial charge in [-0.3, -0.25) is 4.79 Å². The van der Waals surface area contributed by atoms with Crippen LogP contribution in [-0.4, -0.2) is 26.2 Å². The molecule has 0 atom stereocenters. The number of halogens is 2. The molecule has 1 amide bonds. The summed E-state index contributed by atoms with van der Waals surface area (Å²) < 4.78 is 34.4. The second-order valence-electron chi connectivity index (χ2n) is 6.13. The number of hydrogen-bond acceptors (Lipinski definition) is 3. The van der Waals surface area contributed by atoms with Crippen LogP contribution in [0, 0.1) is 0 Å². The quantitative estimate of drug-likeness (QED) is 0.677. The minimum absolute atomic E-state index is 0.00754. The maximum atomic E-state index is 12.5. The van der Waals surface area contributed by atoms with E-state index in [2.05, 4.69) is 29.1 Å². The first-order valence-corrected chi connectivity index (χ1v) is 8.98. The Hall–Kier alpha value is -2.63. The van der Waals surface area contributed by atoms with Gasteiger partial charge in [0.05, 0.1) is 7.11 Å². The Bertz CT molecular complexity index is 733. The molecule has 0 saturated heterocycles. The maximum absolute atomic E-state index is 12.5. The molecular formula is C21H25F2NO3. The third-order valence-electron chi connectivity index (χ3n) is 4.25. The van der Waals surface area contributed by atoms with Crippen molar-refractivity contribution < 1.29 is 23.0 Å². The summed E-state index contributed by atoms with van der Waals surface area (Å²) in [7, 11) is 1.39. The number of benzene rings is 2. The van der Waals surface area contributed by atoms with Crippen molar-refractivity contribution in [3.05, 3.63) is 59.2 Å². The number of alkyl halides is 2. The van der Waals surface area contributed by atoms with Crippen LogP contribution < -0.4 is 14.8 Å². The highest BCUT2D eigenvalue weighted by molar-refractivity contribution is 5.76. The summed E-state index contributed by atoms with van der Waals surface area (Å²) in [6.07, 6.45) is 2.61. The van der Waals surface area contributed by atoms with E-state index in [4.69, 9.17) is 4.74 Å². The van der Waals surface area contributed by atoms with E-state index in [0.29, 0.717) is 25.8 Å². The normalized spacial score (nSPS) is 10.7. The summed E-state index contributed by atoms with van der Waals surface area (Å²) in [5, 5.41) is 2.85. The zero-order valence-electron chi connectivity index (χ0n) is 15.6. The lowest BCUT2D eigenvalue weighted by Gasteiger charge is -2.12. The summed E-state index contributed by atoms with van der Waals surface area (Å²) in [6, 6.07) is 13.1. The Labute approximate surface area is 158 Å². The van der Waals surface area contributed by atoms with Crippen molar-refractivity contribution in [3.63, 3.8) is 0 Å². The summed E-state index contributed by atoms with van der Waals surface area (Å²) in [4.78, 5) is 12.0. The standard InChI is InChI=1S/C21H25F2NO3/c1-3-15-4-6-16(7-5-15)9-11-20(25)24-13-12-17-8-10-18(26-2)19(14-17)27-21(22)23/h4-8,10,14,21H,3,9,11-13H2,1-2H3,(H,24,25). The molecule has 0 bridgehead atoms. The van der Waals surface area contributed by atoms with E-state index in [-0.39, 0.29) is 17.4 Å². The lowest BCUT2D eigenvalue weighted by molar-refractivity contribution is -0.121. The van der Waals surface area contributed by atoms with Gasteiger partial charge in [-0.1, -0.05) is 37.3 Å². The van der Waals surface area contributed by atoms with Crippen LogP contribution >= 0.6 is 0 Å². The number of amides is 1. The first kappa shape index (κ1) is 20.7. The van der Waals surface area contributed by atoms with Crippen LogP contribution in [0.1, 0.15) is 30.0 Å². The molecule has 0 saturated carbocycles. The van der Waals surface area contributed by atoms with E-state index in [1.54, 1.807) is 12.1 Å². The Balaban J connectivity index is 1.78. The molecule has 0 aliphatic rings. The number of rotatable bonds is 10. The molecule has 0 aliphatic carbocycles. The molecule has 0 unspecified atom stereocenters. The van der Waals surface area contributed by atoms with E-state index in [1.165, 1.54) is 18.7 Å². The average molecular weight is 377 g/mol. The number of carbonyl (C=O) groups is 1. The van der Waals surface area contributed by atoms with Crippen molar-refractivity contribution in [1.82, 2.24) is 5.32 Å². The van der Waals surface area contributed by atoms with Crippen LogP contribution in [0.2, 0.25) is 0 Å². The van der Waals surface area contributed by atoms with Crippen LogP contribution in [-0.2, 0) is 24.1 Å². The number of carbonyl (C=O) groups excluding carboxylic acids is 1. The minimum atomic E-state index is -2.92. The lowest BCUT2D eigenvalue weighted by atomic mass is 10.1. The van der Waals surface area contributed by atoms with Crippen LogP contribution in [0.3, 0.4) is 0 Å². The second kappa shape index (κ2) is 10.5. The van der Waals surface area contributed by atoms with Crippen molar-refractivity contribution in [2.24, 2.45) is 0 Å². The van der Waals surface area contributed by atoms with Gasteiger partial charge in [-0.25, -0.2) is 0 Å². The monoisotopic (exact) mass is 377 g/mol. The highest BCUT2D eigenvalue weighted by Gasteiger charge is 2.11. The van der Waals surface area contributed by atoms with Gasteiger partial charge in [-0.2, -0.15) is 8.78 Å². The number of ether oxygens (including phenoxy) is 2. The number of methoxy groups -OCH3 is 1. The van der Waals surface area contributed by atoms with Gasteiger partial charge >= 0.3 is 6.61 Å². The van der Waals surface area contributed by atoms with Crippen molar-refractivity contribution in [1.29, 1.82) is 0 Å². The zero-order valence-corrected chi connectivity index (χ0v) is 15.6. The van der Waals surface area contributed by atoms with Crippen molar-refractivity contribution in [3.8, 4) is 11.5 Å². The fraction of sp³-hybridized carbons (Fsp3) is 0.381. The number of nitrogens with one attached hydrogen (secondary N) is 1. The van der Waals surface area contributed by atoms with E-state index in [9.17, 15) is 13.6 Å². The Morgan fingerprint density at radius 2 is 1.67 bits per heavy atom. The molecule has 2 aromatic rings. The topological polar surface area (TPSA) is 47.6 Å². The van der Waals surface area contributed by atoms with Crippen LogP contribution in [0.5, 0.6) is 11.5 Å². The van der Waals surface area contributed by atoms with E-state index in [0.717, 1.165) is 17.5 Å². The fourth-order valence-corrected chi connectivity index (χ4v) is 2.70. The van der Waals surface area contributed by atoms with E-state index >= 15 is 0 Å². The van der Waals surface area contributed by atoms with Gasteiger partial charge in [0.15, 0.2) is 11.5 Å². The van der Waals surface area contributed by atoms with Crippen molar-refractivity contribution >= 4 is 5.91 Å². The minimum Gasteiger partial charge on any atom is -0.493 e. The van der Waals surface area contributed by atoms with Gasteiger partial charge in [-0.15, -0.1) is 0 Å². The third-order valence-corrected chi connectivity index (χ3v) is 4.25. The van der Waals surface area contributed by atoms with Gasteiger partial charge in [0.1, 0.15) is 0 Å². The first-order chi connectivity index (χ1) is 13.0. The predicted molar refractivity (Wildman–Crippen MR) is 100 cm³/mol. The molecule has 2 aromatic carbocycles. The molecule has 2 rings (SSSR count). The van der Waals surface area contributed by atoms with Crippen LogP contribution in [0.4, 0.5) is 8.78 Å². The molecule has 0 aromatic heterocycles. The smallest absolute Gasteiger partial charge is 0.387 e. The Morgan fingerprint density at radius 3 is 2.30 bits per heavy atom. The van der Waals surface area contributed by atoms with Gasteiger partial charge in [0, 0.05) is 13.0 Å². The number of hydrogen-bond donors (Lipinski definition) is 1. The molecule has 27 heavy (non-hydrogen) atoms. The number of aryl methyl sites for hydroxylation is 2. The summed E-state index contributed by atoms with van der Waals surface area (Å²) in [5.41, 5.74) is 3.19. The summed E-state index contributed by atoms with van der Waals surface area (Å²) in [6.45, 7) is -0.387. The summed E-state index contributed by atoms with van der Waals surface area (Å²) in [5.74, 6) is 0.205. The second-order valence-corrected chi connectivity index (χ2v) is 6.13. The molecule has 0 radical (unpaired) electrons. The highest BCUT2D eigenvalue weighted by atomic mass is 19.3. The molecule has 0 spiro atoms. The van der Waals surface area contributed by atoms with Crippen LogP contribution in [0.15, 0.2) is 42.5 Å². The lowest BCUT2D eigenvalue weighted by Crippen LogP contribution is -2.25. The molecule has 146 valence electrons. The average Bonchev–Trinajstić information content (AvgIpc) is 2.66. The zero-order chi connectivity index (χ0) is 19.6. The fourth-order valence-electron chi connectivity index (χ4n) is 2.70. The maximum Gasteiger partial charge on any atom is 0.387 e. The third kappa shape index (κ3) is 6.89. The van der Waals surface area contributed by atoms with E-state index < -0.39 is 6.61 Å². The Kier molecular flexibility index (Phi) is 8.04. The van der Waals surface area contributed by atoms with E-state index in [1.807, 2.05) is 12.1 Å². The predicted octanol–water partition coefficient (Wildman–Crippen LogP) is 4.15. The Morgan fingerprint density at radius 1 is 1.00 bits per heavy atom. The molecule has 1 N–H and O–H groups in total. The summed E-state index contributed by atoms with van der Waals surface area (Å²) >= 11 is 0. The van der Waals surface area contributed by atoms with Crippen LogP contribution in [0.25, 0.3) is 0 Å².